The van der Waals surface area contributed by atoms with E-state index >= 15 is 0 Å². The highest BCUT2D eigenvalue weighted by atomic mass is 35.5. The number of carbonyl (C=O) groups is 2. The van der Waals surface area contributed by atoms with Crippen LogP contribution in [0.1, 0.15) is 55.3 Å². The molecule has 4 bridgehead atoms. The molecule has 8 heteroatoms. The number of halogens is 2. The van der Waals surface area contributed by atoms with Crippen molar-refractivity contribution in [2.75, 3.05) is 13.2 Å². The summed E-state index contributed by atoms with van der Waals surface area (Å²) < 4.78 is 20.8. The van der Waals surface area contributed by atoms with Crippen molar-refractivity contribution in [3.05, 3.63) is 28.5 Å². The molecule has 1 saturated heterocycles. The fourth-order valence-corrected chi connectivity index (χ4v) is 7.12. The molecule has 1 amide bonds. The number of carboxylic acids is 1. The first kappa shape index (κ1) is 21.5. The Kier molecular flexibility index (Phi) is 5.32. The molecular weight excluding hydrogens is 435 g/mol. The standard InChI is InChI=1S/C24H26ClFN2O4/c25-18-9-17(22(29)28-3-1-2-20(28)23(30)31)19(26)10-21(18)32-12-24(11-27)15-5-13-4-14(7-15)8-16(24)6-13/h9-10,13-16,20H,1-8,12H2,(H,30,31)/t13-,14-,15-,16+,20-,24?/m0/s1. The smallest absolute Gasteiger partial charge is 0.326 e. The molecule has 0 unspecified atom stereocenters. The number of nitrogens with zero attached hydrogens (tertiary/aromatic N) is 2. The molecule has 0 radical (unpaired) electrons. The number of aliphatic carboxylic acids is 1. The molecule has 5 fully saturated rings. The van der Waals surface area contributed by atoms with E-state index in [0.717, 1.165) is 31.7 Å². The molecule has 6 nitrogen and oxygen atoms in total. The molecule has 1 aliphatic heterocycles. The van der Waals surface area contributed by atoms with Crippen molar-refractivity contribution in [1.82, 2.24) is 4.90 Å². The zero-order chi connectivity index (χ0) is 22.6. The van der Waals surface area contributed by atoms with Crippen molar-refractivity contribution in [3.8, 4) is 11.8 Å². The first-order valence-corrected chi connectivity index (χ1v) is 11.8. The van der Waals surface area contributed by atoms with Crippen LogP contribution in [0.2, 0.25) is 5.02 Å². The Balaban J connectivity index is 1.34. The van der Waals surface area contributed by atoms with E-state index in [1.807, 2.05) is 0 Å². The third-order valence-electron chi connectivity index (χ3n) is 8.32. The number of nitriles is 1. The second kappa shape index (κ2) is 7.91. The van der Waals surface area contributed by atoms with Crippen LogP contribution in [-0.2, 0) is 4.79 Å². The molecule has 1 atom stereocenters. The van der Waals surface area contributed by atoms with Crippen molar-refractivity contribution >= 4 is 23.5 Å². The van der Waals surface area contributed by atoms with Gasteiger partial charge in [0.15, 0.2) is 0 Å². The lowest BCUT2D eigenvalue weighted by atomic mass is 9.46. The molecule has 1 N–H and O–H groups in total. The Bertz CT molecular complexity index is 978. The van der Waals surface area contributed by atoms with Gasteiger partial charge in [0.05, 0.1) is 22.1 Å². The van der Waals surface area contributed by atoms with E-state index in [4.69, 9.17) is 16.3 Å². The minimum absolute atomic E-state index is 0.0812. The maximum Gasteiger partial charge on any atom is 0.326 e. The van der Waals surface area contributed by atoms with E-state index in [0.29, 0.717) is 36.5 Å². The van der Waals surface area contributed by atoms with Crippen molar-refractivity contribution in [1.29, 1.82) is 5.26 Å². The van der Waals surface area contributed by atoms with Crippen LogP contribution in [-0.4, -0.2) is 41.1 Å². The highest BCUT2D eigenvalue weighted by Crippen LogP contribution is 2.62. The zero-order valence-electron chi connectivity index (χ0n) is 17.7. The predicted octanol–water partition coefficient (Wildman–Crippen LogP) is 4.51. The number of carboxylic acid groups (broad SMARTS) is 1. The Morgan fingerprint density at radius 1 is 1.22 bits per heavy atom. The van der Waals surface area contributed by atoms with Crippen LogP contribution in [0.25, 0.3) is 0 Å². The molecule has 0 spiro atoms. The van der Waals surface area contributed by atoms with Crippen molar-refractivity contribution in [2.24, 2.45) is 29.1 Å². The summed E-state index contributed by atoms with van der Waals surface area (Å²) in [6, 6.07) is 3.91. The number of benzene rings is 1. The normalized spacial score (nSPS) is 35.0. The second-order valence-electron chi connectivity index (χ2n) is 10.0. The van der Waals surface area contributed by atoms with E-state index < -0.39 is 29.2 Å². The fourth-order valence-electron chi connectivity index (χ4n) is 6.90. The van der Waals surface area contributed by atoms with Gasteiger partial charge in [-0.25, -0.2) is 9.18 Å². The van der Waals surface area contributed by atoms with Gasteiger partial charge in [0.1, 0.15) is 24.2 Å². The Hall–Kier alpha value is -2.33. The van der Waals surface area contributed by atoms with Crippen molar-refractivity contribution in [2.45, 2.75) is 51.0 Å². The molecule has 1 aromatic carbocycles. The molecule has 0 aromatic heterocycles. The number of hydrogen-bond acceptors (Lipinski definition) is 4. The topological polar surface area (TPSA) is 90.6 Å². The summed E-state index contributed by atoms with van der Waals surface area (Å²) in [6.45, 7) is 0.429. The summed E-state index contributed by atoms with van der Waals surface area (Å²) in [6.07, 6.45) is 6.40. The number of rotatable bonds is 5. The fraction of sp³-hybridized carbons (Fsp3) is 0.625. The molecule has 170 valence electrons. The number of carbonyl (C=O) groups excluding carboxylic acids is 1. The Morgan fingerprint density at radius 2 is 1.88 bits per heavy atom. The molecule has 5 aliphatic rings. The molecule has 4 aliphatic carbocycles. The van der Waals surface area contributed by atoms with Gasteiger partial charge in [0.2, 0.25) is 0 Å². The van der Waals surface area contributed by atoms with E-state index in [1.165, 1.54) is 17.4 Å². The van der Waals surface area contributed by atoms with E-state index in [1.54, 1.807) is 0 Å². The van der Waals surface area contributed by atoms with Gasteiger partial charge in [-0.15, -0.1) is 0 Å². The second-order valence-corrected chi connectivity index (χ2v) is 10.4. The van der Waals surface area contributed by atoms with Crippen molar-refractivity contribution < 1.29 is 23.8 Å². The third-order valence-corrected chi connectivity index (χ3v) is 8.62. The van der Waals surface area contributed by atoms with Crippen LogP contribution in [0.5, 0.6) is 5.75 Å². The van der Waals surface area contributed by atoms with Gasteiger partial charge >= 0.3 is 5.97 Å². The summed E-state index contributed by atoms with van der Waals surface area (Å²) in [5, 5.41) is 19.5. The summed E-state index contributed by atoms with van der Waals surface area (Å²) >= 11 is 6.35. The number of hydrogen-bond donors (Lipinski definition) is 1. The summed E-state index contributed by atoms with van der Waals surface area (Å²) in [7, 11) is 0. The summed E-state index contributed by atoms with van der Waals surface area (Å²) in [4.78, 5) is 25.4. The number of amides is 1. The predicted molar refractivity (Wildman–Crippen MR) is 114 cm³/mol. The molecule has 6 rings (SSSR count). The minimum atomic E-state index is -1.10. The molecule has 32 heavy (non-hydrogen) atoms. The Morgan fingerprint density at radius 3 is 2.47 bits per heavy atom. The molecule has 4 saturated carbocycles. The molecule has 1 aromatic rings. The molecule has 1 heterocycles. The quantitative estimate of drug-likeness (QED) is 0.697. The van der Waals surface area contributed by atoms with Gasteiger partial charge in [0, 0.05) is 12.6 Å². The van der Waals surface area contributed by atoms with Crippen LogP contribution in [0, 0.1) is 46.2 Å². The first-order chi connectivity index (χ1) is 15.3. The van der Waals surface area contributed by atoms with E-state index in [-0.39, 0.29) is 29.5 Å². The summed E-state index contributed by atoms with van der Waals surface area (Å²) in [5.41, 5.74) is -0.841. The zero-order valence-corrected chi connectivity index (χ0v) is 18.5. The average molecular weight is 461 g/mol. The van der Waals surface area contributed by atoms with Gasteiger partial charge < -0.3 is 14.7 Å². The monoisotopic (exact) mass is 460 g/mol. The highest BCUT2D eigenvalue weighted by molar-refractivity contribution is 6.32. The van der Waals surface area contributed by atoms with Crippen molar-refractivity contribution in [3.63, 3.8) is 0 Å². The van der Waals surface area contributed by atoms with Crippen LogP contribution < -0.4 is 4.74 Å². The minimum Gasteiger partial charge on any atom is -0.490 e. The van der Waals surface area contributed by atoms with Gasteiger partial charge in [-0.1, -0.05) is 11.6 Å². The van der Waals surface area contributed by atoms with Crippen LogP contribution >= 0.6 is 11.6 Å². The SMILES string of the molecule is N#CC1(COc2cc(F)c(C(=O)N3CCC[C@H]3C(=O)O)cc2Cl)[C@H]2C[C@H]3C[C@H](C2)C[C@H]1C3. The lowest BCUT2D eigenvalue weighted by Crippen LogP contribution is -2.54. The highest BCUT2D eigenvalue weighted by Gasteiger charge is 2.58. The van der Waals surface area contributed by atoms with Gasteiger partial charge in [-0.2, -0.15) is 5.26 Å². The molecular formula is C24H26ClFN2O4. The largest absolute Gasteiger partial charge is 0.490 e. The van der Waals surface area contributed by atoms with E-state index in [9.17, 15) is 24.3 Å². The lowest BCUT2D eigenvalue weighted by molar-refractivity contribution is -0.141. The summed E-state index contributed by atoms with van der Waals surface area (Å²) in [5.74, 6) is -0.444. The van der Waals surface area contributed by atoms with Crippen LogP contribution in [0.3, 0.4) is 0 Å². The van der Waals surface area contributed by atoms with Crippen LogP contribution in [0.15, 0.2) is 12.1 Å². The number of ether oxygens (including phenoxy) is 1. The van der Waals surface area contributed by atoms with Gasteiger partial charge in [-0.05, 0) is 74.7 Å². The maximum atomic E-state index is 14.9. The van der Waals surface area contributed by atoms with Gasteiger partial charge in [-0.3, -0.25) is 4.79 Å². The maximum absolute atomic E-state index is 14.9. The van der Waals surface area contributed by atoms with Gasteiger partial charge in [0.25, 0.3) is 5.91 Å². The first-order valence-electron chi connectivity index (χ1n) is 11.4. The van der Waals surface area contributed by atoms with E-state index in [2.05, 4.69) is 6.07 Å². The third kappa shape index (κ3) is 3.35. The lowest BCUT2D eigenvalue weighted by Gasteiger charge is -2.58. The average Bonchev–Trinajstić information content (AvgIpc) is 3.25. The Labute approximate surface area is 191 Å². The number of likely N-dealkylation sites (tertiary alicyclic amines) is 1. The van der Waals surface area contributed by atoms with Crippen LogP contribution in [0.4, 0.5) is 4.39 Å².